The van der Waals surface area contributed by atoms with Crippen LogP contribution in [0.2, 0.25) is 5.02 Å². The molecule has 0 bridgehead atoms. The maximum Gasteiger partial charge on any atom is 0.273 e. The monoisotopic (exact) mass is 467 g/mol. The maximum atomic E-state index is 13.0. The SMILES string of the molecule is CCOc1ccc(-c2nc(C(=O)N3CCC(c4nc5cc(Cl)ccc5o4)CC3)cs2)cc1. The number of halogens is 1. The fourth-order valence-electron chi connectivity index (χ4n) is 3.95. The molecule has 2 aromatic heterocycles. The van der Waals surface area contributed by atoms with Crippen LogP contribution in [0.5, 0.6) is 5.75 Å². The van der Waals surface area contributed by atoms with E-state index in [1.807, 2.05) is 53.6 Å². The third-order valence-electron chi connectivity index (χ3n) is 5.63. The Bertz CT molecular complexity index is 1240. The number of likely N-dealkylation sites (tertiary alicyclic amines) is 1. The normalized spacial score (nSPS) is 14.8. The first-order chi connectivity index (χ1) is 15.6. The Balaban J connectivity index is 1.23. The van der Waals surface area contributed by atoms with Crippen LogP contribution in [0, 0.1) is 0 Å². The average Bonchev–Trinajstić information content (AvgIpc) is 3.47. The first-order valence-electron chi connectivity index (χ1n) is 10.6. The fourth-order valence-corrected chi connectivity index (χ4v) is 4.92. The Morgan fingerprint density at radius 3 is 2.72 bits per heavy atom. The number of ether oxygens (including phenoxy) is 1. The number of thiazole rings is 1. The van der Waals surface area contributed by atoms with Gasteiger partial charge in [-0.25, -0.2) is 9.97 Å². The van der Waals surface area contributed by atoms with Crippen LogP contribution in [0.3, 0.4) is 0 Å². The lowest BCUT2D eigenvalue weighted by atomic mass is 9.96. The maximum absolute atomic E-state index is 13.0. The molecule has 8 heteroatoms. The first kappa shape index (κ1) is 21.0. The Labute approximate surface area is 194 Å². The lowest BCUT2D eigenvalue weighted by Crippen LogP contribution is -2.38. The highest BCUT2D eigenvalue weighted by molar-refractivity contribution is 7.13. The lowest BCUT2D eigenvalue weighted by molar-refractivity contribution is 0.0701. The number of fused-ring (bicyclic) bond motifs is 1. The molecule has 1 aliphatic rings. The molecular weight excluding hydrogens is 446 g/mol. The van der Waals surface area contributed by atoms with Crippen LogP contribution in [-0.4, -0.2) is 40.5 Å². The second kappa shape index (κ2) is 8.92. The molecular formula is C24H22ClN3O3S. The molecule has 0 saturated carbocycles. The van der Waals surface area contributed by atoms with Gasteiger partial charge in [-0.3, -0.25) is 4.79 Å². The number of benzene rings is 2. The van der Waals surface area contributed by atoms with Crippen molar-refractivity contribution in [1.82, 2.24) is 14.9 Å². The van der Waals surface area contributed by atoms with Crippen LogP contribution in [-0.2, 0) is 0 Å². The van der Waals surface area contributed by atoms with Crippen molar-refractivity contribution in [2.45, 2.75) is 25.7 Å². The van der Waals surface area contributed by atoms with Gasteiger partial charge in [0.15, 0.2) is 11.5 Å². The van der Waals surface area contributed by atoms with E-state index < -0.39 is 0 Å². The molecule has 5 rings (SSSR count). The highest BCUT2D eigenvalue weighted by Crippen LogP contribution is 2.32. The predicted octanol–water partition coefficient (Wildman–Crippen LogP) is 6.02. The quantitative estimate of drug-likeness (QED) is 0.359. The molecule has 1 aliphatic heterocycles. The van der Waals surface area contributed by atoms with Gasteiger partial charge in [-0.1, -0.05) is 11.6 Å². The van der Waals surface area contributed by atoms with Crippen LogP contribution < -0.4 is 4.74 Å². The molecule has 3 heterocycles. The molecule has 164 valence electrons. The highest BCUT2D eigenvalue weighted by atomic mass is 35.5. The fraction of sp³-hybridized carbons (Fsp3) is 0.292. The van der Waals surface area contributed by atoms with Crippen molar-refractivity contribution in [3.8, 4) is 16.3 Å². The van der Waals surface area contributed by atoms with E-state index in [0.29, 0.717) is 30.4 Å². The molecule has 0 radical (unpaired) electrons. The third-order valence-corrected chi connectivity index (χ3v) is 6.76. The van der Waals surface area contributed by atoms with Gasteiger partial charge in [0.25, 0.3) is 5.91 Å². The van der Waals surface area contributed by atoms with Gasteiger partial charge in [-0.05, 0) is 62.2 Å². The number of hydrogen-bond acceptors (Lipinski definition) is 6. The minimum atomic E-state index is -0.0266. The smallest absolute Gasteiger partial charge is 0.273 e. The van der Waals surface area contributed by atoms with Crippen molar-refractivity contribution < 1.29 is 13.9 Å². The van der Waals surface area contributed by atoms with Gasteiger partial charge in [0.1, 0.15) is 22.0 Å². The summed E-state index contributed by atoms with van der Waals surface area (Å²) in [5.74, 6) is 1.72. The number of rotatable bonds is 5. The molecule has 1 saturated heterocycles. The molecule has 0 aliphatic carbocycles. The van der Waals surface area contributed by atoms with Crippen molar-refractivity contribution in [2.24, 2.45) is 0 Å². The van der Waals surface area contributed by atoms with Gasteiger partial charge >= 0.3 is 0 Å². The van der Waals surface area contributed by atoms with Crippen LogP contribution >= 0.6 is 22.9 Å². The van der Waals surface area contributed by atoms with Crippen LogP contribution in [0.1, 0.15) is 42.1 Å². The summed E-state index contributed by atoms with van der Waals surface area (Å²) < 4.78 is 11.4. The Kier molecular flexibility index (Phi) is 5.85. The van der Waals surface area contributed by atoms with E-state index in [4.69, 9.17) is 20.8 Å². The molecule has 0 spiro atoms. The summed E-state index contributed by atoms with van der Waals surface area (Å²) in [7, 11) is 0. The highest BCUT2D eigenvalue weighted by Gasteiger charge is 2.28. The molecule has 0 atom stereocenters. The summed E-state index contributed by atoms with van der Waals surface area (Å²) in [5.41, 5.74) is 2.99. The van der Waals surface area contributed by atoms with Crippen LogP contribution in [0.15, 0.2) is 52.3 Å². The number of carbonyl (C=O) groups excluding carboxylic acids is 1. The van der Waals surface area contributed by atoms with Gasteiger partial charge < -0.3 is 14.1 Å². The van der Waals surface area contributed by atoms with Gasteiger partial charge in [0.05, 0.1) is 6.61 Å². The molecule has 1 amide bonds. The number of carbonyl (C=O) groups is 1. The van der Waals surface area contributed by atoms with E-state index in [9.17, 15) is 4.79 Å². The zero-order valence-electron chi connectivity index (χ0n) is 17.6. The van der Waals surface area contributed by atoms with Crippen molar-refractivity contribution >= 4 is 39.9 Å². The largest absolute Gasteiger partial charge is 0.494 e. The minimum Gasteiger partial charge on any atom is -0.494 e. The first-order valence-corrected chi connectivity index (χ1v) is 11.9. The lowest BCUT2D eigenvalue weighted by Gasteiger charge is -2.30. The van der Waals surface area contributed by atoms with Crippen molar-refractivity contribution in [1.29, 1.82) is 0 Å². The number of nitrogens with zero attached hydrogens (tertiary/aromatic N) is 3. The number of hydrogen-bond donors (Lipinski definition) is 0. The van der Waals surface area contributed by atoms with Gasteiger partial charge in [0.2, 0.25) is 0 Å². The molecule has 6 nitrogen and oxygen atoms in total. The Morgan fingerprint density at radius 1 is 1.19 bits per heavy atom. The zero-order valence-corrected chi connectivity index (χ0v) is 19.2. The van der Waals surface area contributed by atoms with Crippen molar-refractivity contribution in [3.63, 3.8) is 0 Å². The molecule has 0 N–H and O–H groups in total. The van der Waals surface area contributed by atoms with Gasteiger partial charge in [-0.2, -0.15) is 0 Å². The third kappa shape index (κ3) is 4.23. The van der Waals surface area contributed by atoms with Crippen LogP contribution in [0.4, 0.5) is 0 Å². The van der Waals surface area contributed by atoms with E-state index in [2.05, 4.69) is 9.97 Å². The van der Waals surface area contributed by atoms with E-state index in [1.54, 1.807) is 6.07 Å². The number of amides is 1. The Morgan fingerprint density at radius 2 is 1.97 bits per heavy atom. The van der Waals surface area contributed by atoms with Crippen molar-refractivity contribution in [3.05, 3.63) is 64.5 Å². The standard InChI is InChI=1S/C24H22ClN3O3S/c1-2-30-18-6-3-16(4-7-18)23-27-20(14-32-23)24(29)28-11-9-15(10-12-28)22-26-19-13-17(25)5-8-21(19)31-22/h3-8,13-15H,2,9-12H2,1H3. The van der Waals surface area contributed by atoms with Gasteiger partial charge in [0, 0.05) is 35.0 Å². The van der Waals surface area contributed by atoms with Gasteiger partial charge in [-0.15, -0.1) is 11.3 Å². The van der Waals surface area contributed by atoms with E-state index in [-0.39, 0.29) is 11.8 Å². The average molecular weight is 468 g/mol. The molecule has 0 unspecified atom stereocenters. The Hall–Kier alpha value is -2.90. The summed E-state index contributed by atoms with van der Waals surface area (Å²) in [6, 6.07) is 13.2. The summed E-state index contributed by atoms with van der Waals surface area (Å²) in [5, 5.41) is 3.31. The minimum absolute atomic E-state index is 0.0266. The predicted molar refractivity (Wildman–Crippen MR) is 126 cm³/mol. The van der Waals surface area contributed by atoms with E-state index in [0.717, 1.165) is 46.2 Å². The molecule has 1 fully saturated rings. The van der Waals surface area contributed by atoms with Crippen molar-refractivity contribution in [2.75, 3.05) is 19.7 Å². The number of piperidine rings is 1. The number of aromatic nitrogens is 2. The zero-order chi connectivity index (χ0) is 22.1. The summed E-state index contributed by atoms with van der Waals surface area (Å²) >= 11 is 7.53. The second-order valence-corrected chi connectivity index (χ2v) is 9.02. The van der Waals surface area contributed by atoms with E-state index in [1.165, 1.54) is 11.3 Å². The summed E-state index contributed by atoms with van der Waals surface area (Å²) in [4.78, 5) is 24.1. The van der Waals surface area contributed by atoms with Crippen LogP contribution in [0.25, 0.3) is 21.7 Å². The summed E-state index contributed by atoms with van der Waals surface area (Å²) in [6.07, 6.45) is 1.62. The summed E-state index contributed by atoms with van der Waals surface area (Å²) in [6.45, 7) is 3.89. The van der Waals surface area contributed by atoms with E-state index >= 15 is 0 Å². The molecule has 4 aromatic rings. The topological polar surface area (TPSA) is 68.5 Å². The molecule has 32 heavy (non-hydrogen) atoms. The number of oxazole rings is 1. The second-order valence-electron chi connectivity index (χ2n) is 7.73. The molecule has 2 aromatic carbocycles.